The summed E-state index contributed by atoms with van der Waals surface area (Å²) in [6.07, 6.45) is 1.49. The maximum atomic E-state index is 12.1. The van der Waals surface area contributed by atoms with Crippen LogP contribution in [0.25, 0.3) is 0 Å². The van der Waals surface area contributed by atoms with Gasteiger partial charge in [-0.2, -0.15) is 10.1 Å². The standard InChI is InChI=1S/C16H18N4O2/c1-4-22-13-7-5-12(6-8-13)15-14(11(3)21)10(2)19-16-17-9-18-20(15)16/h5-9,15H,4H2,1-3H3,(H,17,18,19). The third-order valence-corrected chi connectivity index (χ3v) is 3.68. The van der Waals surface area contributed by atoms with Gasteiger partial charge >= 0.3 is 0 Å². The van der Waals surface area contributed by atoms with E-state index >= 15 is 0 Å². The molecular formula is C16H18N4O2. The summed E-state index contributed by atoms with van der Waals surface area (Å²) in [5, 5.41) is 7.39. The summed E-state index contributed by atoms with van der Waals surface area (Å²) in [6, 6.07) is 7.47. The van der Waals surface area contributed by atoms with Crippen LogP contribution in [-0.4, -0.2) is 27.2 Å². The first-order valence-electron chi connectivity index (χ1n) is 7.22. The topological polar surface area (TPSA) is 69.0 Å². The van der Waals surface area contributed by atoms with E-state index in [1.165, 1.54) is 6.33 Å². The fourth-order valence-electron chi connectivity index (χ4n) is 2.77. The number of ketones is 1. The molecular weight excluding hydrogens is 280 g/mol. The van der Waals surface area contributed by atoms with E-state index in [4.69, 9.17) is 4.74 Å². The highest BCUT2D eigenvalue weighted by atomic mass is 16.5. The number of aromatic nitrogens is 3. The molecule has 1 N–H and O–H groups in total. The lowest BCUT2D eigenvalue weighted by molar-refractivity contribution is -0.114. The van der Waals surface area contributed by atoms with E-state index in [-0.39, 0.29) is 11.8 Å². The lowest BCUT2D eigenvalue weighted by atomic mass is 9.93. The van der Waals surface area contributed by atoms with Crippen molar-refractivity contribution in [3.8, 4) is 5.75 Å². The number of hydrogen-bond donors (Lipinski definition) is 1. The van der Waals surface area contributed by atoms with Crippen LogP contribution in [-0.2, 0) is 4.79 Å². The van der Waals surface area contributed by atoms with Crippen LogP contribution in [0, 0.1) is 0 Å². The molecule has 114 valence electrons. The Balaban J connectivity index is 2.08. The third kappa shape index (κ3) is 2.36. The molecule has 1 aromatic heterocycles. The normalized spacial score (nSPS) is 17.0. The van der Waals surface area contributed by atoms with Gasteiger partial charge in [0, 0.05) is 11.3 Å². The Kier molecular flexibility index (Phi) is 3.66. The Morgan fingerprint density at radius 1 is 1.36 bits per heavy atom. The Morgan fingerprint density at radius 2 is 2.09 bits per heavy atom. The van der Waals surface area contributed by atoms with E-state index in [0.717, 1.165) is 17.0 Å². The van der Waals surface area contributed by atoms with Gasteiger partial charge in [0.05, 0.1) is 6.61 Å². The number of carbonyl (C=O) groups is 1. The number of anilines is 1. The zero-order chi connectivity index (χ0) is 15.7. The Labute approximate surface area is 128 Å². The van der Waals surface area contributed by atoms with Crippen molar-refractivity contribution in [1.82, 2.24) is 14.8 Å². The smallest absolute Gasteiger partial charge is 0.226 e. The number of hydrogen-bond acceptors (Lipinski definition) is 5. The molecule has 1 unspecified atom stereocenters. The van der Waals surface area contributed by atoms with Crippen molar-refractivity contribution < 1.29 is 9.53 Å². The van der Waals surface area contributed by atoms with Crippen LogP contribution in [0.1, 0.15) is 32.4 Å². The van der Waals surface area contributed by atoms with Gasteiger partial charge in [-0.3, -0.25) is 4.79 Å². The summed E-state index contributed by atoms with van der Waals surface area (Å²) in [4.78, 5) is 16.3. The number of Topliss-reactive ketones (excluding diaryl/α,β-unsaturated/α-hetero) is 1. The van der Waals surface area contributed by atoms with Gasteiger partial charge in [0.1, 0.15) is 18.1 Å². The first kappa shape index (κ1) is 14.3. The minimum absolute atomic E-state index is 0.0186. The summed E-state index contributed by atoms with van der Waals surface area (Å²) < 4.78 is 7.21. The summed E-state index contributed by atoms with van der Waals surface area (Å²) in [6.45, 7) is 6.03. The van der Waals surface area contributed by atoms with Crippen LogP contribution in [0.3, 0.4) is 0 Å². The SMILES string of the molecule is CCOc1ccc(C2C(C(C)=O)=C(C)Nc3ncnn32)cc1. The highest BCUT2D eigenvalue weighted by Gasteiger charge is 2.31. The second kappa shape index (κ2) is 5.63. The zero-order valence-electron chi connectivity index (χ0n) is 12.8. The molecule has 3 rings (SSSR count). The van der Waals surface area contributed by atoms with E-state index in [9.17, 15) is 4.79 Å². The number of nitrogens with zero attached hydrogens (tertiary/aromatic N) is 3. The highest BCUT2D eigenvalue weighted by Crippen LogP contribution is 2.35. The van der Waals surface area contributed by atoms with E-state index in [1.807, 2.05) is 38.1 Å². The summed E-state index contributed by atoms with van der Waals surface area (Å²) >= 11 is 0. The van der Waals surface area contributed by atoms with Crippen molar-refractivity contribution in [1.29, 1.82) is 0 Å². The Hall–Kier alpha value is -2.63. The molecule has 2 heterocycles. The molecule has 0 fully saturated rings. The first-order valence-corrected chi connectivity index (χ1v) is 7.22. The molecule has 0 radical (unpaired) electrons. The molecule has 6 heteroatoms. The van der Waals surface area contributed by atoms with Crippen LogP contribution >= 0.6 is 0 Å². The number of benzene rings is 1. The van der Waals surface area contributed by atoms with E-state index in [0.29, 0.717) is 18.1 Å². The third-order valence-electron chi connectivity index (χ3n) is 3.68. The minimum Gasteiger partial charge on any atom is -0.494 e. The molecule has 0 bridgehead atoms. The van der Waals surface area contributed by atoms with Crippen molar-refractivity contribution in [2.45, 2.75) is 26.8 Å². The molecule has 1 aromatic carbocycles. The van der Waals surface area contributed by atoms with E-state index < -0.39 is 0 Å². The minimum atomic E-state index is -0.271. The zero-order valence-corrected chi connectivity index (χ0v) is 12.8. The van der Waals surface area contributed by atoms with Gasteiger partial charge in [-0.05, 0) is 38.5 Å². The quantitative estimate of drug-likeness (QED) is 0.939. The van der Waals surface area contributed by atoms with Crippen LogP contribution in [0.2, 0.25) is 0 Å². The van der Waals surface area contributed by atoms with Gasteiger partial charge in [0.15, 0.2) is 5.78 Å². The number of ether oxygens (including phenoxy) is 1. The number of allylic oxidation sites excluding steroid dienone is 2. The fourth-order valence-corrected chi connectivity index (χ4v) is 2.77. The molecule has 1 aliphatic rings. The van der Waals surface area contributed by atoms with Gasteiger partial charge in [-0.25, -0.2) is 4.68 Å². The maximum absolute atomic E-state index is 12.1. The largest absolute Gasteiger partial charge is 0.494 e. The predicted octanol–water partition coefficient (Wildman–Crippen LogP) is 2.55. The molecule has 0 amide bonds. The van der Waals surface area contributed by atoms with Crippen LogP contribution < -0.4 is 10.1 Å². The maximum Gasteiger partial charge on any atom is 0.226 e. The van der Waals surface area contributed by atoms with Gasteiger partial charge in [0.2, 0.25) is 5.95 Å². The fraction of sp³-hybridized carbons (Fsp3) is 0.312. The number of rotatable bonds is 4. The van der Waals surface area contributed by atoms with Crippen LogP contribution in [0.15, 0.2) is 41.9 Å². The predicted molar refractivity (Wildman–Crippen MR) is 82.8 cm³/mol. The van der Waals surface area contributed by atoms with Gasteiger partial charge in [-0.15, -0.1) is 0 Å². The van der Waals surface area contributed by atoms with Gasteiger partial charge in [0.25, 0.3) is 0 Å². The first-order chi connectivity index (χ1) is 10.6. The molecule has 0 saturated heterocycles. The van der Waals surface area contributed by atoms with Crippen molar-refractivity contribution in [3.63, 3.8) is 0 Å². The summed E-state index contributed by atoms with van der Waals surface area (Å²) in [5.74, 6) is 1.47. The average molecular weight is 298 g/mol. The lowest BCUT2D eigenvalue weighted by Gasteiger charge is -2.28. The van der Waals surface area contributed by atoms with Gasteiger partial charge in [-0.1, -0.05) is 12.1 Å². The van der Waals surface area contributed by atoms with Crippen molar-refractivity contribution in [2.24, 2.45) is 0 Å². The summed E-state index contributed by atoms with van der Waals surface area (Å²) in [5.41, 5.74) is 2.48. The monoisotopic (exact) mass is 298 g/mol. The highest BCUT2D eigenvalue weighted by molar-refractivity contribution is 5.96. The van der Waals surface area contributed by atoms with E-state index in [1.54, 1.807) is 11.6 Å². The van der Waals surface area contributed by atoms with Crippen molar-refractivity contribution >= 4 is 11.7 Å². The van der Waals surface area contributed by atoms with Crippen molar-refractivity contribution in [2.75, 3.05) is 11.9 Å². The molecule has 1 atom stereocenters. The van der Waals surface area contributed by atoms with Crippen LogP contribution in [0.4, 0.5) is 5.95 Å². The van der Waals surface area contributed by atoms with Crippen LogP contribution in [0.5, 0.6) is 5.75 Å². The Bertz CT molecular complexity index is 731. The van der Waals surface area contributed by atoms with E-state index in [2.05, 4.69) is 15.4 Å². The molecule has 6 nitrogen and oxygen atoms in total. The lowest BCUT2D eigenvalue weighted by Crippen LogP contribution is -2.27. The molecule has 0 saturated carbocycles. The molecule has 1 aliphatic heterocycles. The average Bonchev–Trinajstić information content (AvgIpc) is 2.94. The second-order valence-electron chi connectivity index (χ2n) is 5.15. The molecule has 0 spiro atoms. The van der Waals surface area contributed by atoms with Gasteiger partial charge < -0.3 is 10.1 Å². The van der Waals surface area contributed by atoms with Crippen molar-refractivity contribution in [3.05, 3.63) is 47.4 Å². The second-order valence-corrected chi connectivity index (χ2v) is 5.15. The molecule has 2 aromatic rings. The summed E-state index contributed by atoms with van der Waals surface area (Å²) in [7, 11) is 0. The number of fused-ring (bicyclic) bond motifs is 1. The molecule has 22 heavy (non-hydrogen) atoms. The number of nitrogens with one attached hydrogen (secondary N) is 1. The number of carbonyl (C=O) groups excluding carboxylic acids is 1. The molecule has 0 aliphatic carbocycles. The Morgan fingerprint density at radius 3 is 2.73 bits per heavy atom.